The van der Waals surface area contributed by atoms with E-state index in [1.54, 1.807) is 13.0 Å². The number of benzene rings is 1. The van der Waals surface area contributed by atoms with Crippen LogP contribution in [0.5, 0.6) is 0 Å². The standard InChI is InChI=1S/C12H18FNO/c1-9-4-5-12(13)11(6-9)8-14(3)7-10(2)15/h4-6,10,15H,7-8H2,1-3H3/t10-/m0/s1. The number of hydrogen-bond donors (Lipinski definition) is 1. The maximum atomic E-state index is 13.4. The minimum absolute atomic E-state index is 0.182. The Labute approximate surface area is 90.3 Å². The van der Waals surface area contributed by atoms with Crippen LogP contribution in [0.1, 0.15) is 18.1 Å². The molecule has 1 aromatic carbocycles. The number of likely N-dealkylation sites (N-methyl/N-ethyl adjacent to an activating group) is 1. The second kappa shape index (κ2) is 5.24. The van der Waals surface area contributed by atoms with Gasteiger partial charge in [-0.3, -0.25) is 4.90 Å². The topological polar surface area (TPSA) is 23.5 Å². The van der Waals surface area contributed by atoms with Crippen molar-refractivity contribution in [2.75, 3.05) is 13.6 Å². The van der Waals surface area contributed by atoms with Crippen LogP contribution in [0.15, 0.2) is 18.2 Å². The molecule has 0 saturated heterocycles. The van der Waals surface area contributed by atoms with E-state index in [0.29, 0.717) is 18.7 Å². The summed E-state index contributed by atoms with van der Waals surface area (Å²) in [6.07, 6.45) is -0.386. The molecule has 0 heterocycles. The molecule has 0 radical (unpaired) electrons. The van der Waals surface area contributed by atoms with Crippen LogP contribution in [0.3, 0.4) is 0 Å². The molecule has 0 aromatic heterocycles. The Hall–Kier alpha value is -0.930. The van der Waals surface area contributed by atoms with Crippen LogP contribution in [0.4, 0.5) is 4.39 Å². The number of aryl methyl sites for hydroxylation is 1. The van der Waals surface area contributed by atoms with Gasteiger partial charge in [0.2, 0.25) is 0 Å². The fourth-order valence-corrected chi connectivity index (χ4v) is 1.63. The van der Waals surface area contributed by atoms with Crippen molar-refractivity contribution in [1.82, 2.24) is 4.90 Å². The summed E-state index contributed by atoms with van der Waals surface area (Å²) in [7, 11) is 1.87. The predicted molar refractivity (Wildman–Crippen MR) is 59.2 cm³/mol. The van der Waals surface area contributed by atoms with E-state index < -0.39 is 0 Å². The third kappa shape index (κ3) is 3.98. The van der Waals surface area contributed by atoms with Crippen molar-refractivity contribution in [3.8, 4) is 0 Å². The van der Waals surface area contributed by atoms with Crippen LogP contribution < -0.4 is 0 Å². The lowest BCUT2D eigenvalue weighted by atomic mass is 10.1. The summed E-state index contributed by atoms with van der Waals surface area (Å²) in [6, 6.07) is 5.09. The average molecular weight is 211 g/mol. The van der Waals surface area contributed by atoms with Crippen molar-refractivity contribution in [3.63, 3.8) is 0 Å². The van der Waals surface area contributed by atoms with Gasteiger partial charge in [-0.2, -0.15) is 0 Å². The summed E-state index contributed by atoms with van der Waals surface area (Å²) < 4.78 is 13.4. The van der Waals surface area contributed by atoms with Crippen LogP contribution in [0, 0.1) is 12.7 Å². The van der Waals surface area contributed by atoms with Crippen molar-refractivity contribution in [2.45, 2.75) is 26.5 Å². The zero-order chi connectivity index (χ0) is 11.4. The Morgan fingerprint density at radius 2 is 2.13 bits per heavy atom. The van der Waals surface area contributed by atoms with Crippen molar-refractivity contribution >= 4 is 0 Å². The maximum absolute atomic E-state index is 13.4. The molecule has 1 atom stereocenters. The Morgan fingerprint density at radius 3 is 2.73 bits per heavy atom. The van der Waals surface area contributed by atoms with Gasteiger partial charge >= 0.3 is 0 Å². The third-order valence-electron chi connectivity index (χ3n) is 2.22. The summed E-state index contributed by atoms with van der Waals surface area (Å²) in [5.74, 6) is -0.182. The van der Waals surface area contributed by atoms with Crippen molar-refractivity contribution in [3.05, 3.63) is 35.1 Å². The molecule has 0 spiro atoms. The third-order valence-corrected chi connectivity index (χ3v) is 2.22. The highest BCUT2D eigenvalue weighted by molar-refractivity contribution is 5.23. The molecule has 3 heteroatoms. The number of nitrogens with zero attached hydrogens (tertiary/aromatic N) is 1. The number of aliphatic hydroxyl groups is 1. The Balaban J connectivity index is 2.67. The van der Waals surface area contributed by atoms with E-state index >= 15 is 0 Å². The van der Waals surface area contributed by atoms with E-state index in [1.165, 1.54) is 6.07 Å². The molecule has 0 aliphatic carbocycles. The van der Waals surface area contributed by atoms with Crippen LogP contribution in [0.25, 0.3) is 0 Å². The van der Waals surface area contributed by atoms with Gasteiger partial charge in [0.25, 0.3) is 0 Å². The van der Waals surface area contributed by atoms with Gasteiger partial charge in [0, 0.05) is 18.7 Å². The minimum Gasteiger partial charge on any atom is -0.392 e. The quantitative estimate of drug-likeness (QED) is 0.822. The monoisotopic (exact) mass is 211 g/mol. The highest BCUT2D eigenvalue weighted by Gasteiger charge is 2.07. The Morgan fingerprint density at radius 1 is 1.47 bits per heavy atom. The second-order valence-corrected chi connectivity index (χ2v) is 4.14. The molecule has 1 rings (SSSR count). The van der Waals surface area contributed by atoms with E-state index in [9.17, 15) is 9.50 Å². The lowest BCUT2D eigenvalue weighted by Gasteiger charge is -2.18. The van der Waals surface area contributed by atoms with Crippen molar-refractivity contribution in [2.24, 2.45) is 0 Å². The second-order valence-electron chi connectivity index (χ2n) is 4.14. The number of hydrogen-bond acceptors (Lipinski definition) is 2. The Kier molecular flexibility index (Phi) is 4.24. The smallest absolute Gasteiger partial charge is 0.127 e. The lowest BCUT2D eigenvalue weighted by molar-refractivity contribution is 0.137. The van der Waals surface area contributed by atoms with E-state index in [2.05, 4.69) is 0 Å². The minimum atomic E-state index is -0.386. The largest absolute Gasteiger partial charge is 0.392 e. The molecule has 0 aliphatic rings. The first-order chi connectivity index (χ1) is 6.99. The van der Waals surface area contributed by atoms with E-state index in [-0.39, 0.29) is 11.9 Å². The normalized spacial score (nSPS) is 13.2. The first kappa shape index (κ1) is 12.1. The van der Waals surface area contributed by atoms with Gasteiger partial charge in [0.05, 0.1) is 6.10 Å². The van der Waals surface area contributed by atoms with Crippen LogP contribution in [0.2, 0.25) is 0 Å². The molecule has 84 valence electrons. The zero-order valence-corrected chi connectivity index (χ0v) is 9.50. The first-order valence-corrected chi connectivity index (χ1v) is 5.10. The molecule has 0 amide bonds. The molecular weight excluding hydrogens is 193 g/mol. The van der Waals surface area contributed by atoms with E-state index in [4.69, 9.17) is 0 Å². The number of rotatable bonds is 4. The molecule has 0 aliphatic heterocycles. The molecule has 0 bridgehead atoms. The van der Waals surface area contributed by atoms with Gasteiger partial charge in [-0.25, -0.2) is 4.39 Å². The number of halogens is 1. The number of aliphatic hydroxyl groups excluding tert-OH is 1. The first-order valence-electron chi connectivity index (χ1n) is 5.10. The predicted octanol–water partition coefficient (Wildman–Crippen LogP) is 1.95. The fourth-order valence-electron chi connectivity index (χ4n) is 1.63. The van der Waals surface area contributed by atoms with Gasteiger partial charge in [-0.05, 0) is 27.0 Å². The maximum Gasteiger partial charge on any atom is 0.127 e. The molecule has 15 heavy (non-hydrogen) atoms. The summed E-state index contributed by atoms with van der Waals surface area (Å²) in [5, 5.41) is 9.19. The van der Waals surface area contributed by atoms with Crippen molar-refractivity contribution in [1.29, 1.82) is 0 Å². The summed E-state index contributed by atoms with van der Waals surface area (Å²) in [6.45, 7) is 4.74. The zero-order valence-electron chi connectivity index (χ0n) is 9.50. The molecule has 1 N–H and O–H groups in total. The van der Waals surface area contributed by atoms with Crippen LogP contribution >= 0.6 is 0 Å². The molecule has 1 aromatic rings. The summed E-state index contributed by atoms with van der Waals surface area (Å²) in [4.78, 5) is 1.91. The Bertz CT molecular complexity index is 325. The lowest BCUT2D eigenvalue weighted by Crippen LogP contribution is -2.27. The molecule has 0 fully saturated rings. The van der Waals surface area contributed by atoms with E-state index in [1.807, 2.05) is 24.9 Å². The SMILES string of the molecule is Cc1ccc(F)c(CN(C)C[C@H](C)O)c1. The molecule has 0 saturated carbocycles. The van der Waals surface area contributed by atoms with Gasteiger partial charge in [0.1, 0.15) is 5.82 Å². The van der Waals surface area contributed by atoms with Crippen molar-refractivity contribution < 1.29 is 9.50 Å². The highest BCUT2D eigenvalue weighted by atomic mass is 19.1. The van der Waals surface area contributed by atoms with Gasteiger partial charge in [0.15, 0.2) is 0 Å². The molecule has 0 unspecified atom stereocenters. The summed E-state index contributed by atoms with van der Waals surface area (Å²) in [5.41, 5.74) is 1.73. The summed E-state index contributed by atoms with van der Waals surface area (Å²) >= 11 is 0. The fraction of sp³-hybridized carbons (Fsp3) is 0.500. The molecule has 2 nitrogen and oxygen atoms in total. The van der Waals surface area contributed by atoms with Gasteiger partial charge in [-0.1, -0.05) is 17.7 Å². The van der Waals surface area contributed by atoms with Crippen LogP contribution in [-0.2, 0) is 6.54 Å². The van der Waals surface area contributed by atoms with Crippen LogP contribution in [-0.4, -0.2) is 29.7 Å². The highest BCUT2D eigenvalue weighted by Crippen LogP contribution is 2.12. The van der Waals surface area contributed by atoms with Gasteiger partial charge in [-0.15, -0.1) is 0 Å². The average Bonchev–Trinajstić information content (AvgIpc) is 2.10. The molecular formula is C12H18FNO. The van der Waals surface area contributed by atoms with E-state index in [0.717, 1.165) is 5.56 Å². The van der Waals surface area contributed by atoms with Gasteiger partial charge < -0.3 is 5.11 Å².